The quantitative estimate of drug-likeness (QED) is 0.541. The second-order valence-electron chi connectivity index (χ2n) is 5.36. The number of aryl methyl sites for hydroxylation is 2. The fourth-order valence-corrected chi connectivity index (χ4v) is 2.05. The Morgan fingerprint density at radius 1 is 1.21 bits per heavy atom. The first-order valence-corrected chi connectivity index (χ1v) is 7.65. The van der Waals surface area contributed by atoms with E-state index in [2.05, 4.69) is 25.7 Å². The molecule has 3 N–H and O–H groups in total. The predicted octanol–water partition coefficient (Wildman–Crippen LogP) is 0.427. The van der Waals surface area contributed by atoms with E-state index in [4.69, 9.17) is 0 Å². The summed E-state index contributed by atoms with van der Waals surface area (Å²) in [5.74, 6) is -1.12. The fraction of sp³-hybridized carbons (Fsp3) is 0.400. The van der Waals surface area contributed by atoms with Crippen LogP contribution in [0.3, 0.4) is 0 Å². The van der Waals surface area contributed by atoms with Gasteiger partial charge in [0, 0.05) is 24.4 Å². The summed E-state index contributed by atoms with van der Waals surface area (Å²) in [5.41, 5.74) is 0.776. The number of carbonyl (C=O) groups is 2. The SMILES string of the molecule is CCCCNC(=O)C(=O)Nc1cc(C)nn1-c1nc(C)cc(=O)[nH]1. The Bertz CT molecular complexity index is 808. The van der Waals surface area contributed by atoms with Gasteiger partial charge in [0.25, 0.3) is 5.56 Å². The summed E-state index contributed by atoms with van der Waals surface area (Å²) >= 11 is 0. The van der Waals surface area contributed by atoms with Gasteiger partial charge in [0.15, 0.2) is 0 Å². The number of nitrogens with zero attached hydrogens (tertiary/aromatic N) is 3. The number of amides is 2. The van der Waals surface area contributed by atoms with Crippen molar-refractivity contribution in [1.82, 2.24) is 25.1 Å². The molecule has 0 atom stereocenters. The molecule has 0 aromatic carbocycles. The van der Waals surface area contributed by atoms with E-state index in [1.165, 1.54) is 10.7 Å². The van der Waals surface area contributed by atoms with E-state index in [1.807, 2.05) is 6.92 Å². The zero-order valence-electron chi connectivity index (χ0n) is 13.8. The first-order valence-electron chi connectivity index (χ1n) is 7.65. The first-order chi connectivity index (χ1) is 11.4. The summed E-state index contributed by atoms with van der Waals surface area (Å²) < 4.78 is 1.28. The van der Waals surface area contributed by atoms with Gasteiger partial charge in [-0.3, -0.25) is 19.4 Å². The van der Waals surface area contributed by atoms with Gasteiger partial charge < -0.3 is 10.6 Å². The summed E-state index contributed by atoms with van der Waals surface area (Å²) in [4.78, 5) is 42.1. The van der Waals surface area contributed by atoms with Crippen LogP contribution < -0.4 is 16.2 Å². The minimum Gasteiger partial charge on any atom is -0.348 e. The summed E-state index contributed by atoms with van der Waals surface area (Å²) in [7, 11) is 0. The van der Waals surface area contributed by atoms with Crippen molar-refractivity contribution in [2.75, 3.05) is 11.9 Å². The smallest absolute Gasteiger partial charge is 0.314 e. The maximum atomic E-state index is 12.0. The molecule has 2 aromatic heterocycles. The van der Waals surface area contributed by atoms with Crippen molar-refractivity contribution in [2.45, 2.75) is 33.6 Å². The third-order valence-corrected chi connectivity index (χ3v) is 3.15. The van der Waals surface area contributed by atoms with Crippen LogP contribution in [0.4, 0.5) is 5.82 Å². The minimum atomic E-state index is -0.803. The first kappa shape index (κ1) is 17.4. The second kappa shape index (κ2) is 7.53. The van der Waals surface area contributed by atoms with Crippen LogP contribution in [-0.2, 0) is 9.59 Å². The van der Waals surface area contributed by atoms with Gasteiger partial charge in [-0.1, -0.05) is 13.3 Å². The molecule has 2 aromatic rings. The van der Waals surface area contributed by atoms with Crippen LogP contribution in [0.25, 0.3) is 5.95 Å². The summed E-state index contributed by atoms with van der Waals surface area (Å²) in [6.45, 7) is 5.83. The van der Waals surface area contributed by atoms with E-state index in [-0.39, 0.29) is 17.3 Å². The van der Waals surface area contributed by atoms with E-state index in [9.17, 15) is 14.4 Å². The van der Waals surface area contributed by atoms with Crippen molar-refractivity contribution in [2.24, 2.45) is 0 Å². The Labute approximate surface area is 138 Å². The number of carbonyl (C=O) groups excluding carboxylic acids is 2. The molecule has 0 aliphatic rings. The van der Waals surface area contributed by atoms with Gasteiger partial charge in [-0.2, -0.15) is 9.78 Å². The minimum absolute atomic E-state index is 0.162. The number of hydrogen-bond acceptors (Lipinski definition) is 5. The van der Waals surface area contributed by atoms with E-state index in [1.54, 1.807) is 19.9 Å². The molecule has 0 spiro atoms. The average Bonchev–Trinajstić information content (AvgIpc) is 2.87. The third kappa shape index (κ3) is 4.28. The van der Waals surface area contributed by atoms with E-state index in [0.29, 0.717) is 17.9 Å². The fourth-order valence-electron chi connectivity index (χ4n) is 2.05. The molecular weight excluding hydrogens is 312 g/mol. The van der Waals surface area contributed by atoms with Crippen molar-refractivity contribution < 1.29 is 9.59 Å². The highest BCUT2D eigenvalue weighted by Gasteiger charge is 2.17. The number of nitrogens with one attached hydrogen (secondary N) is 3. The van der Waals surface area contributed by atoms with Gasteiger partial charge >= 0.3 is 11.8 Å². The number of anilines is 1. The maximum absolute atomic E-state index is 12.0. The Balaban J connectivity index is 2.21. The zero-order chi connectivity index (χ0) is 17.7. The molecule has 0 saturated carbocycles. The third-order valence-electron chi connectivity index (χ3n) is 3.15. The number of hydrogen-bond donors (Lipinski definition) is 3. The van der Waals surface area contributed by atoms with Crippen LogP contribution in [-0.4, -0.2) is 38.1 Å². The predicted molar refractivity (Wildman–Crippen MR) is 88.0 cm³/mol. The highest BCUT2D eigenvalue weighted by molar-refractivity contribution is 6.39. The van der Waals surface area contributed by atoms with Crippen LogP contribution >= 0.6 is 0 Å². The van der Waals surface area contributed by atoms with E-state index in [0.717, 1.165) is 12.8 Å². The van der Waals surface area contributed by atoms with Crippen LogP contribution in [0.1, 0.15) is 31.2 Å². The van der Waals surface area contributed by atoms with Gasteiger partial charge in [-0.25, -0.2) is 4.98 Å². The largest absolute Gasteiger partial charge is 0.348 e. The van der Waals surface area contributed by atoms with Gasteiger partial charge in [0.1, 0.15) is 5.82 Å². The highest BCUT2D eigenvalue weighted by Crippen LogP contribution is 2.13. The number of rotatable bonds is 5. The molecule has 9 heteroatoms. The molecule has 0 fully saturated rings. The van der Waals surface area contributed by atoms with Crippen molar-refractivity contribution in [3.63, 3.8) is 0 Å². The van der Waals surface area contributed by atoms with Crippen molar-refractivity contribution in [1.29, 1.82) is 0 Å². The van der Waals surface area contributed by atoms with Crippen molar-refractivity contribution in [3.05, 3.63) is 33.9 Å². The topological polar surface area (TPSA) is 122 Å². The van der Waals surface area contributed by atoms with Crippen LogP contribution in [0.15, 0.2) is 16.9 Å². The maximum Gasteiger partial charge on any atom is 0.314 e. The molecule has 0 saturated heterocycles. The molecular formula is C15H20N6O3. The van der Waals surface area contributed by atoms with Crippen molar-refractivity contribution in [3.8, 4) is 5.95 Å². The molecule has 2 rings (SSSR count). The van der Waals surface area contributed by atoms with E-state index < -0.39 is 11.8 Å². The summed E-state index contributed by atoms with van der Waals surface area (Å²) in [6, 6.07) is 2.93. The molecule has 24 heavy (non-hydrogen) atoms. The molecule has 0 aliphatic carbocycles. The van der Waals surface area contributed by atoms with Gasteiger partial charge in [0.2, 0.25) is 5.95 Å². The van der Waals surface area contributed by atoms with Crippen molar-refractivity contribution >= 4 is 17.6 Å². The van der Waals surface area contributed by atoms with Gasteiger partial charge in [0.05, 0.1) is 5.69 Å². The van der Waals surface area contributed by atoms with Crippen LogP contribution in [0.2, 0.25) is 0 Å². The number of H-pyrrole nitrogens is 1. The lowest BCUT2D eigenvalue weighted by molar-refractivity contribution is -0.136. The number of unbranched alkanes of at least 4 members (excludes halogenated alkanes) is 1. The normalized spacial score (nSPS) is 10.5. The Morgan fingerprint density at radius 2 is 1.96 bits per heavy atom. The van der Waals surface area contributed by atoms with Crippen LogP contribution in [0, 0.1) is 13.8 Å². The summed E-state index contributed by atoms with van der Waals surface area (Å²) in [6.07, 6.45) is 1.71. The number of aromatic amines is 1. The van der Waals surface area contributed by atoms with Crippen LogP contribution in [0.5, 0.6) is 0 Å². The van der Waals surface area contributed by atoms with Gasteiger partial charge in [-0.05, 0) is 20.3 Å². The average molecular weight is 332 g/mol. The zero-order valence-corrected chi connectivity index (χ0v) is 13.8. The molecule has 0 unspecified atom stereocenters. The lowest BCUT2D eigenvalue weighted by Gasteiger charge is -2.08. The molecule has 0 radical (unpaired) electrons. The Morgan fingerprint density at radius 3 is 2.62 bits per heavy atom. The Hall–Kier alpha value is -2.97. The molecule has 128 valence electrons. The monoisotopic (exact) mass is 332 g/mol. The molecule has 2 amide bonds. The standard InChI is InChI=1S/C15H20N6O3/c1-4-5-6-16-13(23)14(24)18-11-7-10(3)20-21(11)15-17-9(2)8-12(22)19-15/h7-8H,4-6H2,1-3H3,(H,16,23)(H,18,24)(H,17,19,22). The lowest BCUT2D eigenvalue weighted by atomic mass is 10.3. The molecule has 9 nitrogen and oxygen atoms in total. The molecule has 0 bridgehead atoms. The van der Waals surface area contributed by atoms with E-state index >= 15 is 0 Å². The lowest BCUT2D eigenvalue weighted by Crippen LogP contribution is -2.36. The van der Waals surface area contributed by atoms with Gasteiger partial charge in [-0.15, -0.1) is 0 Å². The second-order valence-corrected chi connectivity index (χ2v) is 5.36. The highest BCUT2D eigenvalue weighted by atomic mass is 16.2. The molecule has 0 aliphatic heterocycles. The summed E-state index contributed by atoms with van der Waals surface area (Å²) in [5, 5.41) is 9.21. The molecule has 2 heterocycles. The number of aromatic nitrogens is 4. The Kier molecular flexibility index (Phi) is 5.46.